The van der Waals surface area contributed by atoms with Gasteiger partial charge in [0.05, 0.1) is 0 Å². The molecule has 0 aromatic carbocycles. The molecule has 0 N–H and O–H groups in total. The van der Waals surface area contributed by atoms with Gasteiger partial charge in [-0.2, -0.15) is 0 Å². The van der Waals surface area contributed by atoms with Crippen molar-refractivity contribution in [1.29, 1.82) is 0 Å². The highest BCUT2D eigenvalue weighted by Crippen LogP contribution is 2.29. The summed E-state index contributed by atoms with van der Waals surface area (Å²) in [6, 6.07) is 0. The minimum absolute atomic E-state index is 0. The summed E-state index contributed by atoms with van der Waals surface area (Å²) in [4.78, 5) is 0. The molecule has 0 bridgehead atoms. The molecule has 0 heteroatoms. The van der Waals surface area contributed by atoms with Crippen LogP contribution < -0.4 is 0 Å². The molecule has 0 radical (unpaired) electrons. The zero-order chi connectivity index (χ0) is 28.8. The molecule has 35 heavy (non-hydrogen) atoms. The van der Waals surface area contributed by atoms with Crippen LogP contribution in [0.2, 0.25) is 0 Å². The van der Waals surface area contributed by atoms with E-state index in [1.54, 1.807) is 0 Å². The second kappa shape index (κ2) is 17.7. The van der Waals surface area contributed by atoms with Crippen LogP contribution in [0.5, 0.6) is 0 Å². The van der Waals surface area contributed by atoms with Crippen LogP contribution in [0.4, 0.5) is 0 Å². The molecule has 0 atom stereocenters. The maximum absolute atomic E-state index is 3.21. The topological polar surface area (TPSA) is 0 Å². The van der Waals surface area contributed by atoms with Crippen molar-refractivity contribution >= 4 is 0 Å². The fourth-order valence-electron chi connectivity index (χ4n) is 1.63. The molecule has 0 aliphatic carbocycles. The molecule has 0 aromatic heterocycles. The monoisotopic (exact) mass is 495 g/mol. The van der Waals surface area contributed by atoms with Crippen molar-refractivity contribution in [1.82, 2.24) is 0 Å². The van der Waals surface area contributed by atoms with E-state index in [4.69, 9.17) is 0 Å². The molecular formula is C35H74. The molecule has 0 heterocycles. The Hall–Kier alpha value is -0.700. The molecule has 0 aliphatic rings. The van der Waals surface area contributed by atoms with Gasteiger partial charge in [-0.3, -0.25) is 0 Å². The van der Waals surface area contributed by atoms with E-state index in [1.807, 2.05) is 0 Å². The Balaban J connectivity index is -0.000000118. The summed E-state index contributed by atoms with van der Waals surface area (Å²) < 4.78 is 0. The van der Waals surface area contributed by atoms with E-state index in [-0.39, 0.29) is 18.3 Å². The highest BCUT2D eigenvalue weighted by molar-refractivity contribution is 5.12. The summed E-state index contributed by atoms with van der Waals surface area (Å²) in [6.07, 6.45) is 7.20. The average molecular weight is 495 g/mol. The van der Waals surface area contributed by atoms with Gasteiger partial charge in [-0.15, -0.1) is 0 Å². The van der Waals surface area contributed by atoms with Gasteiger partial charge in [0.25, 0.3) is 0 Å². The van der Waals surface area contributed by atoms with Crippen molar-refractivity contribution in [2.45, 2.75) is 166 Å². The van der Waals surface area contributed by atoms with E-state index in [1.165, 1.54) is 12.8 Å². The second-order valence-electron chi connectivity index (χ2n) is 17.2. The Labute approximate surface area is 227 Å². The lowest BCUT2D eigenvalue weighted by molar-refractivity contribution is 0.275. The van der Waals surface area contributed by atoms with E-state index in [2.05, 4.69) is 169 Å². The van der Waals surface area contributed by atoms with E-state index < -0.39 is 0 Å². The summed E-state index contributed by atoms with van der Waals surface area (Å²) in [5.41, 5.74) is 1.96. The lowest BCUT2D eigenvalue weighted by Crippen LogP contribution is -2.12. The highest BCUT2D eigenvalue weighted by Gasteiger charge is 2.16. The maximum atomic E-state index is 3.21. The second-order valence-corrected chi connectivity index (χ2v) is 17.2. The van der Waals surface area contributed by atoms with Crippen LogP contribution in [-0.2, 0) is 0 Å². The number of hydrogen-bond donors (Lipinski definition) is 0. The van der Waals surface area contributed by atoms with Gasteiger partial charge >= 0.3 is 0 Å². The first kappa shape index (κ1) is 44.3. The van der Waals surface area contributed by atoms with Crippen molar-refractivity contribution in [3.8, 4) is 11.8 Å². The largest absolute Gasteiger partial charge is 0.0968 e. The molecule has 0 saturated carbocycles. The maximum Gasteiger partial charge on any atom is 0.0230 e. The van der Waals surface area contributed by atoms with E-state index in [0.29, 0.717) is 21.7 Å². The Kier molecular flexibility index (Phi) is 22.4. The fraction of sp³-hybridized carbons (Fsp3) is 0.886. The van der Waals surface area contributed by atoms with Crippen LogP contribution in [0.25, 0.3) is 0 Å². The summed E-state index contributed by atoms with van der Waals surface area (Å²) in [6.45, 7) is 46.4. The lowest BCUT2D eigenvalue weighted by atomic mass is 9.81. The summed E-state index contributed by atoms with van der Waals surface area (Å²) in [5, 5.41) is 0. The molecule has 0 spiro atoms. The van der Waals surface area contributed by atoms with Crippen LogP contribution in [0.1, 0.15) is 166 Å². The Morgan fingerprint density at radius 2 is 0.629 bits per heavy atom. The highest BCUT2D eigenvalue weighted by atomic mass is 14.2. The first-order valence-corrected chi connectivity index (χ1v) is 13.6. The first-order valence-electron chi connectivity index (χ1n) is 13.6. The van der Waals surface area contributed by atoms with Crippen molar-refractivity contribution in [3.63, 3.8) is 0 Å². The smallest absolute Gasteiger partial charge is 0.0230 e. The number of hydrogen-bond acceptors (Lipinski definition) is 0. The molecule has 0 rings (SSSR count). The molecule has 0 fully saturated rings. The van der Waals surface area contributed by atoms with Gasteiger partial charge in [0.1, 0.15) is 0 Å². The average Bonchev–Trinajstić information content (AvgIpc) is 2.46. The van der Waals surface area contributed by atoms with Crippen molar-refractivity contribution < 1.29 is 0 Å². The third-order valence-electron chi connectivity index (χ3n) is 3.52. The third-order valence-corrected chi connectivity index (χ3v) is 3.52. The number of allylic oxidation sites excluding steroid dienone is 2. The Bertz CT molecular complexity index is 508. The van der Waals surface area contributed by atoms with Crippen molar-refractivity contribution in [2.75, 3.05) is 0 Å². The minimum atomic E-state index is 0. The third kappa shape index (κ3) is 79.2. The van der Waals surface area contributed by atoms with E-state index >= 15 is 0 Å². The molecule has 214 valence electrons. The van der Waals surface area contributed by atoms with Crippen LogP contribution in [0.15, 0.2) is 12.2 Å². The molecule has 0 aliphatic heterocycles. The van der Waals surface area contributed by atoms with Gasteiger partial charge in [0, 0.05) is 10.8 Å². The zero-order valence-electron chi connectivity index (χ0n) is 28.1. The van der Waals surface area contributed by atoms with Crippen LogP contribution in [0, 0.1) is 50.2 Å². The molecule has 0 unspecified atom stereocenters. The van der Waals surface area contributed by atoms with E-state index in [0.717, 1.165) is 5.92 Å². The summed E-state index contributed by atoms with van der Waals surface area (Å²) in [7, 11) is 0. The molecule has 0 saturated heterocycles. The summed E-state index contributed by atoms with van der Waals surface area (Å²) >= 11 is 0. The molecule has 0 aromatic rings. The predicted molar refractivity (Wildman–Crippen MR) is 170 cm³/mol. The zero-order valence-corrected chi connectivity index (χ0v) is 28.1. The van der Waals surface area contributed by atoms with Gasteiger partial charge < -0.3 is 0 Å². The number of rotatable bonds is 1. The Morgan fingerprint density at radius 1 is 0.457 bits per heavy atom. The van der Waals surface area contributed by atoms with Crippen LogP contribution in [-0.4, -0.2) is 0 Å². The molecule has 0 amide bonds. The van der Waals surface area contributed by atoms with E-state index in [9.17, 15) is 0 Å². The Morgan fingerprint density at radius 3 is 0.714 bits per heavy atom. The van der Waals surface area contributed by atoms with Crippen LogP contribution >= 0.6 is 0 Å². The van der Waals surface area contributed by atoms with Gasteiger partial charge in [0.15, 0.2) is 0 Å². The fourth-order valence-corrected chi connectivity index (χ4v) is 1.63. The molecular weight excluding hydrogens is 420 g/mol. The van der Waals surface area contributed by atoms with Gasteiger partial charge in [-0.05, 0) is 82.0 Å². The minimum Gasteiger partial charge on any atom is -0.0968 e. The first-order chi connectivity index (χ1) is 14.4. The quantitative estimate of drug-likeness (QED) is 0.251. The van der Waals surface area contributed by atoms with Crippen molar-refractivity contribution in [2.24, 2.45) is 38.4 Å². The predicted octanol–water partition coefficient (Wildman–Crippen LogP) is 12.9. The van der Waals surface area contributed by atoms with Gasteiger partial charge in [-0.25, -0.2) is 0 Å². The molecule has 0 nitrogen and oxygen atoms in total. The van der Waals surface area contributed by atoms with Crippen LogP contribution in [0.3, 0.4) is 0 Å². The normalized spacial score (nSPS) is 12.6. The standard InChI is InChI=1S/C10H22.C10H20.C10H18.C4H10.CH4/c3*1-9(2,3)7-8-10(4,5)6;1-4(2)3;/h7-8H2,1-6H3;7-8H,1-6H3;1-6H3;4H,1-3H3;1H4. The lowest BCUT2D eigenvalue weighted by Gasteiger charge is -2.24. The summed E-state index contributed by atoms with van der Waals surface area (Å²) in [5.74, 6) is 7.26. The van der Waals surface area contributed by atoms with Gasteiger partial charge in [0.2, 0.25) is 0 Å². The van der Waals surface area contributed by atoms with Gasteiger partial charge in [-0.1, -0.05) is 135 Å². The SMILES string of the molecule is C.CC(C)(C)C#CC(C)(C)C.CC(C)(C)C=CC(C)(C)C.CC(C)(C)CCC(C)(C)C.CC(C)C. The van der Waals surface area contributed by atoms with Crippen molar-refractivity contribution in [3.05, 3.63) is 12.2 Å².